The minimum absolute atomic E-state index is 0.0157. The van der Waals surface area contributed by atoms with Crippen molar-refractivity contribution in [2.24, 2.45) is 0 Å². The van der Waals surface area contributed by atoms with Crippen LogP contribution >= 0.6 is 11.6 Å². The van der Waals surface area contributed by atoms with E-state index >= 15 is 0 Å². The van der Waals surface area contributed by atoms with Gasteiger partial charge in [-0.05, 0) is 37.4 Å². The lowest BCUT2D eigenvalue weighted by Crippen LogP contribution is -2.55. The van der Waals surface area contributed by atoms with Crippen molar-refractivity contribution in [1.29, 1.82) is 0 Å². The van der Waals surface area contributed by atoms with Crippen molar-refractivity contribution in [2.75, 3.05) is 0 Å². The summed E-state index contributed by atoms with van der Waals surface area (Å²) in [6.45, 7) is 2.01. The van der Waals surface area contributed by atoms with Crippen molar-refractivity contribution in [3.05, 3.63) is 23.2 Å². The molecule has 1 spiro atoms. The highest BCUT2D eigenvalue weighted by molar-refractivity contribution is 6.28. The lowest BCUT2D eigenvalue weighted by atomic mass is 9.79. The summed E-state index contributed by atoms with van der Waals surface area (Å²) in [6.07, 6.45) is 6.80. The van der Waals surface area contributed by atoms with E-state index in [1.807, 2.05) is 6.92 Å². The number of carbonyl (C=O) groups is 1. The number of hydrogen-bond donors (Lipinski definition) is 1. The number of aromatic nitrogens is 3. The number of amides is 1. The Morgan fingerprint density at radius 3 is 2.90 bits per heavy atom. The van der Waals surface area contributed by atoms with Crippen molar-refractivity contribution in [1.82, 2.24) is 19.9 Å². The Kier molecular flexibility index (Phi) is 2.76. The zero-order valence-electron chi connectivity index (χ0n) is 11.9. The Hall–Kier alpha value is -1.62. The summed E-state index contributed by atoms with van der Waals surface area (Å²) in [6, 6.07) is 2.06. The normalized spacial score (nSPS) is 24.1. The van der Waals surface area contributed by atoms with Gasteiger partial charge in [0.25, 0.3) is 0 Å². The second kappa shape index (κ2) is 4.44. The molecule has 1 aliphatic carbocycles. The summed E-state index contributed by atoms with van der Waals surface area (Å²) >= 11 is 5.98. The Labute approximate surface area is 127 Å². The van der Waals surface area contributed by atoms with E-state index in [0.717, 1.165) is 42.4 Å². The molecule has 0 saturated heterocycles. The minimum Gasteiger partial charge on any atom is -0.346 e. The molecule has 6 heteroatoms. The molecule has 0 bridgehead atoms. The molecular formula is C15H17ClN4O. The first-order valence-electron chi connectivity index (χ1n) is 7.47. The van der Waals surface area contributed by atoms with Gasteiger partial charge in [-0.2, -0.15) is 4.98 Å². The standard InChI is InChI=1S/C15H17ClN4O/c1-9-11-7-10-8-17-14(16)19-12(10)20(11)15(13(21)18-9)5-3-2-4-6-15/h7-9H,2-6H2,1H3,(H,18,21)/t9-/m0/s1. The predicted molar refractivity (Wildman–Crippen MR) is 80.2 cm³/mol. The topological polar surface area (TPSA) is 59.8 Å². The number of nitrogens with zero attached hydrogens (tertiary/aromatic N) is 3. The summed E-state index contributed by atoms with van der Waals surface area (Å²) in [4.78, 5) is 21.2. The van der Waals surface area contributed by atoms with E-state index < -0.39 is 5.54 Å². The van der Waals surface area contributed by atoms with Crippen LogP contribution in [0.15, 0.2) is 12.3 Å². The molecule has 1 amide bonds. The molecule has 2 aromatic rings. The quantitative estimate of drug-likeness (QED) is 0.761. The smallest absolute Gasteiger partial charge is 0.246 e. The maximum Gasteiger partial charge on any atom is 0.246 e. The van der Waals surface area contributed by atoms with Crippen LogP contribution in [0.5, 0.6) is 0 Å². The van der Waals surface area contributed by atoms with Gasteiger partial charge in [0, 0.05) is 17.3 Å². The van der Waals surface area contributed by atoms with Gasteiger partial charge in [0.15, 0.2) is 0 Å². The second-order valence-corrected chi connectivity index (χ2v) is 6.45. The van der Waals surface area contributed by atoms with Gasteiger partial charge in [-0.25, -0.2) is 4.98 Å². The highest BCUT2D eigenvalue weighted by atomic mass is 35.5. The molecule has 1 atom stereocenters. The molecule has 110 valence electrons. The molecule has 1 saturated carbocycles. The molecule has 0 aromatic carbocycles. The molecule has 2 aliphatic rings. The lowest BCUT2D eigenvalue weighted by molar-refractivity contribution is -0.134. The van der Waals surface area contributed by atoms with Crippen LogP contribution in [0.2, 0.25) is 5.28 Å². The van der Waals surface area contributed by atoms with Crippen LogP contribution in [0.3, 0.4) is 0 Å². The zero-order chi connectivity index (χ0) is 14.6. The van der Waals surface area contributed by atoms with Crippen LogP contribution in [-0.2, 0) is 10.3 Å². The highest BCUT2D eigenvalue weighted by Crippen LogP contribution is 2.43. The van der Waals surface area contributed by atoms with Gasteiger partial charge < -0.3 is 9.88 Å². The van der Waals surface area contributed by atoms with E-state index in [0.29, 0.717) is 0 Å². The molecule has 2 aromatic heterocycles. The SMILES string of the molecule is C[C@@H]1NC(=O)C2(CCCCC2)n2c1cc1cnc(Cl)nc12. The van der Waals surface area contributed by atoms with Crippen molar-refractivity contribution in [3.63, 3.8) is 0 Å². The van der Waals surface area contributed by atoms with Gasteiger partial charge in [0.2, 0.25) is 11.2 Å². The first-order chi connectivity index (χ1) is 10.1. The molecule has 4 rings (SSSR count). The molecule has 0 unspecified atom stereocenters. The minimum atomic E-state index is -0.500. The zero-order valence-corrected chi connectivity index (χ0v) is 12.7. The number of fused-ring (bicyclic) bond motifs is 4. The molecule has 1 aliphatic heterocycles. The Morgan fingerprint density at radius 2 is 2.14 bits per heavy atom. The number of halogens is 1. The molecule has 1 N–H and O–H groups in total. The van der Waals surface area contributed by atoms with E-state index in [2.05, 4.69) is 25.9 Å². The predicted octanol–water partition coefficient (Wildman–Crippen LogP) is 2.93. The van der Waals surface area contributed by atoms with Gasteiger partial charge in [-0.1, -0.05) is 19.3 Å². The second-order valence-electron chi connectivity index (χ2n) is 6.11. The summed E-state index contributed by atoms with van der Waals surface area (Å²) < 4.78 is 2.14. The van der Waals surface area contributed by atoms with E-state index in [1.165, 1.54) is 6.42 Å². The molecule has 5 nitrogen and oxygen atoms in total. The largest absolute Gasteiger partial charge is 0.346 e. The summed E-state index contributed by atoms with van der Waals surface area (Å²) in [7, 11) is 0. The molecule has 0 radical (unpaired) electrons. The van der Waals surface area contributed by atoms with Gasteiger partial charge in [0.05, 0.1) is 6.04 Å². The van der Waals surface area contributed by atoms with E-state index in [1.54, 1.807) is 6.20 Å². The Bertz CT molecular complexity index is 733. The van der Waals surface area contributed by atoms with Crippen molar-refractivity contribution >= 4 is 28.5 Å². The molecule has 21 heavy (non-hydrogen) atoms. The number of nitrogens with one attached hydrogen (secondary N) is 1. The van der Waals surface area contributed by atoms with Crippen molar-refractivity contribution < 1.29 is 4.79 Å². The van der Waals surface area contributed by atoms with Crippen LogP contribution in [0.4, 0.5) is 0 Å². The summed E-state index contributed by atoms with van der Waals surface area (Å²) in [5, 5.41) is 4.31. The average Bonchev–Trinajstić information content (AvgIpc) is 2.86. The van der Waals surface area contributed by atoms with Crippen LogP contribution in [0, 0.1) is 0 Å². The van der Waals surface area contributed by atoms with E-state index in [-0.39, 0.29) is 17.2 Å². The number of carbonyl (C=O) groups excluding carboxylic acids is 1. The first-order valence-corrected chi connectivity index (χ1v) is 7.85. The summed E-state index contributed by atoms with van der Waals surface area (Å²) in [5.41, 5.74) is 1.39. The monoisotopic (exact) mass is 304 g/mol. The lowest BCUT2D eigenvalue weighted by Gasteiger charge is -2.43. The van der Waals surface area contributed by atoms with E-state index in [9.17, 15) is 4.79 Å². The number of rotatable bonds is 0. The molecular weight excluding hydrogens is 288 g/mol. The van der Waals surface area contributed by atoms with Crippen molar-refractivity contribution in [3.8, 4) is 0 Å². The fraction of sp³-hybridized carbons (Fsp3) is 0.533. The van der Waals surface area contributed by atoms with Crippen LogP contribution in [0.25, 0.3) is 11.0 Å². The Balaban J connectivity index is 2.04. The van der Waals surface area contributed by atoms with E-state index in [4.69, 9.17) is 11.6 Å². The first kappa shape index (κ1) is 13.1. The third kappa shape index (κ3) is 1.73. The van der Waals surface area contributed by atoms with Crippen LogP contribution in [0.1, 0.15) is 50.8 Å². The van der Waals surface area contributed by atoms with Gasteiger partial charge in [-0.3, -0.25) is 4.79 Å². The fourth-order valence-corrected chi connectivity index (χ4v) is 3.98. The van der Waals surface area contributed by atoms with Crippen LogP contribution < -0.4 is 5.32 Å². The molecule has 3 heterocycles. The fourth-order valence-electron chi connectivity index (χ4n) is 3.85. The third-order valence-electron chi connectivity index (χ3n) is 4.86. The van der Waals surface area contributed by atoms with Gasteiger partial charge in [0.1, 0.15) is 11.2 Å². The van der Waals surface area contributed by atoms with Gasteiger partial charge >= 0.3 is 0 Å². The summed E-state index contributed by atoms with van der Waals surface area (Å²) in [5.74, 6) is 0.120. The van der Waals surface area contributed by atoms with Gasteiger partial charge in [-0.15, -0.1) is 0 Å². The Morgan fingerprint density at radius 1 is 1.38 bits per heavy atom. The highest BCUT2D eigenvalue weighted by Gasteiger charge is 2.47. The maximum atomic E-state index is 12.8. The van der Waals surface area contributed by atoms with Crippen molar-refractivity contribution in [2.45, 2.75) is 50.6 Å². The average molecular weight is 305 g/mol. The third-order valence-corrected chi connectivity index (χ3v) is 5.04. The molecule has 1 fully saturated rings. The van der Waals surface area contributed by atoms with Crippen LogP contribution in [-0.4, -0.2) is 20.4 Å². The maximum absolute atomic E-state index is 12.8. The number of hydrogen-bond acceptors (Lipinski definition) is 3.